The van der Waals surface area contributed by atoms with Crippen molar-refractivity contribution in [1.29, 1.82) is 0 Å². The zero-order chi connectivity index (χ0) is 15.4. The second-order valence-electron chi connectivity index (χ2n) is 6.09. The van der Waals surface area contributed by atoms with Crippen molar-refractivity contribution < 1.29 is 4.79 Å². The second kappa shape index (κ2) is 7.08. The molecule has 116 valence electrons. The Morgan fingerprint density at radius 2 is 2.10 bits per heavy atom. The van der Waals surface area contributed by atoms with Crippen LogP contribution in [0.15, 0.2) is 18.2 Å². The molecule has 1 N–H and O–H groups in total. The second-order valence-corrected chi connectivity index (χ2v) is 6.09. The number of hydrogen-bond donors (Lipinski definition) is 1. The highest BCUT2D eigenvalue weighted by atomic mass is 16.2. The molecule has 3 nitrogen and oxygen atoms in total. The number of rotatable bonds is 7. The maximum absolute atomic E-state index is 11.8. The third kappa shape index (κ3) is 3.29. The number of carbonyl (C=O) groups excluding carboxylic acids is 1. The number of unbranched alkanes of at least 4 members (excludes halogenated alkanes) is 1. The number of benzene rings is 1. The lowest BCUT2D eigenvalue weighted by Gasteiger charge is -2.27. The SMILES string of the molecule is CCCCC(CC)C(NC)c1ccc2c(c1)CC(=O)N2C. The van der Waals surface area contributed by atoms with Crippen LogP contribution in [0, 0.1) is 5.92 Å². The molecule has 0 bridgehead atoms. The van der Waals surface area contributed by atoms with E-state index in [9.17, 15) is 4.79 Å². The zero-order valence-corrected chi connectivity index (χ0v) is 13.8. The number of nitrogens with one attached hydrogen (secondary N) is 1. The lowest BCUT2D eigenvalue weighted by Crippen LogP contribution is -2.25. The van der Waals surface area contributed by atoms with E-state index in [0.717, 1.165) is 5.69 Å². The van der Waals surface area contributed by atoms with Crippen LogP contribution in [-0.2, 0) is 11.2 Å². The Morgan fingerprint density at radius 3 is 2.71 bits per heavy atom. The van der Waals surface area contributed by atoms with Crippen molar-refractivity contribution in [1.82, 2.24) is 5.32 Å². The highest BCUT2D eigenvalue weighted by Gasteiger charge is 2.26. The van der Waals surface area contributed by atoms with Gasteiger partial charge in [0.25, 0.3) is 0 Å². The monoisotopic (exact) mass is 288 g/mol. The number of amides is 1. The minimum absolute atomic E-state index is 0.196. The smallest absolute Gasteiger partial charge is 0.231 e. The quantitative estimate of drug-likeness (QED) is 0.830. The first-order valence-electron chi connectivity index (χ1n) is 8.19. The first-order chi connectivity index (χ1) is 10.1. The van der Waals surface area contributed by atoms with E-state index in [1.165, 1.54) is 36.8 Å². The van der Waals surface area contributed by atoms with Gasteiger partial charge in [-0.15, -0.1) is 0 Å². The van der Waals surface area contributed by atoms with Crippen molar-refractivity contribution in [3.05, 3.63) is 29.3 Å². The third-order valence-corrected chi connectivity index (χ3v) is 4.78. The Kier molecular flexibility index (Phi) is 5.40. The minimum Gasteiger partial charge on any atom is -0.315 e. The summed E-state index contributed by atoms with van der Waals surface area (Å²) in [5.74, 6) is 0.851. The first-order valence-corrected chi connectivity index (χ1v) is 8.19. The van der Waals surface area contributed by atoms with Crippen LogP contribution in [0.3, 0.4) is 0 Å². The van der Waals surface area contributed by atoms with Gasteiger partial charge in [0.15, 0.2) is 0 Å². The van der Waals surface area contributed by atoms with Gasteiger partial charge in [-0.25, -0.2) is 0 Å². The molecule has 0 fully saturated rings. The van der Waals surface area contributed by atoms with Crippen LogP contribution in [-0.4, -0.2) is 20.0 Å². The van der Waals surface area contributed by atoms with E-state index in [0.29, 0.717) is 18.4 Å². The summed E-state index contributed by atoms with van der Waals surface area (Å²) in [5.41, 5.74) is 3.56. The molecule has 1 aromatic carbocycles. The molecule has 0 aromatic heterocycles. The van der Waals surface area contributed by atoms with Gasteiger partial charge >= 0.3 is 0 Å². The van der Waals surface area contributed by atoms with Gasteiger partial charge in [-0.1, -0.05) is 45.2 Å². The molecule has 21 heavy (non-hydrogen) atoms. The van der Waals surface area contributed by atoms with E-state index in [4.69, 9.17) is 0 Å². The predicted molar refractivity (Wildman–Crippen MR) is 88.7 cm³/mol. The number of anilines is 1. The fourth-order valence-corrected chi connectivity index (χ4v) is 3.43. The first kappa shape index (κ1) is 16.0. The van der Waals surface area contributed by atoms with E-state index < -0.39 is 0 Å². The molecule has 0 spiro atoms. The molecule has 1 heterocycles. The van der Waals surface area contributed by atoms with Crippen LogP contribution < -0.4 is 10.2 Å². The topological polar surface area (TPSA) is 32.3 Å². The van der Waals surface area contributed by atoms with Gasteiger partial charge in [-0.05, 0) is 36.6 Å². The van der Waals surface area contributed by atoms with Gasteiger partial charge in [-0.3, -0.25) is 4.79 Å². The molecular formula is C18H28N2O. The van der Waals surface area contributed by atoms with E-state index in [1.54, 1.807) is 4.90 Å². The maximum Gasteiger partial charge on any atom is 0.231 e. The van der Waals surface area contributed by atoms with Gasteiger partial charge < -0.3 is 10.2 Å². The van der Waals surface area contributed by atoms with Crippen LogP contribution in [0.2, 0.25) is 0 Å². The molecule has 0 saturated carbocycles. The van der Waals surface area contributed by atoms with Gasteiger partial charge in [0.05, 0.1) is 6.42 Å². The Labute approximate surface area is 128 Å². The summed E-state index contributed by atoms with van der Waals surface area (Å²) in [4.78, 5) is 13.6. The summed E-state index contributed by atoms with van der Waals surface area (Å²) >= 11 is 0. The predicted octanol–water partition coefficient (Wildman–Crippen LogP) is 3.68. The van der Waals surface area contributed by atoms with Crippen molar-refractivity contribution in [3.63, 3.8) is 0 Å². The van der Waals surface area contributed by atoms with Gasteiger partial charge in [-0.2, -0.15) is 0 Å². The molecule has 2 unspecified atom stereocenters. The Balaban J connectivity index is 2.23. The van der Waals surface area contributed by atoms with Crippen molar-refractivity contribution in [3.8, 4) is 0 Å². The molecule has 3 heteroatoms. The average molecular weight is 288 g/mol. The third-order valence-electron chi connectivity index (χ3n) is 4.78. The molecule has 0 saturated heterocycles. The normalized spacial score (nSPS) is 17.0. The summed E-state index contributed by atoms with van der Waals surface area (Å²) in [6.45, 7) is 4.52. The zero-order valence-electron chi connectivity index (χ0n) is 13.8. The van der Waals surface area contributed by atoms with Crippen molar-refractivity contribution in [2.45, 2.75) is 52.0 Å². The molecular weight excluding hydrogens is 260 g/mol. The minimum atomic E-state index is 0.196. The molecule has 2 atom stereocenters. The number of likely N-dealkylation sites (N-methyl/N-ethyl adjacent to an activating group) is 1. The Bertz CT molecular complexity index is 498. The lowest BCUT2D eigenvalue weighted by molar-refractivity contribution is -0.117. The summed E-state index contributed by atoms with van der Waals surface area (Å²) in [5, 5.41) is 3.49. The van der Waals surface area contributed by atoms with Gasteiger partial charge in [0, 0.05) is 18.8 Å². The summed E-state index contributed by atoms with van der Waals surface area (Å²) in [6, 6.07) is 6.90. The fraction of sp³-hybridized carbons (Fsp3) is 0.611. The Hall–Kier alpha value is -1.35. The van der Waals surface area contributed by atoms with Crippen LogP contribution >= 0.6 is 0 Å². The number of nitrogens with zero attached hydrogens (tertiary/aromatic N) is 1. The van der Waals surface area contributed by atoms with Crippen LogP contribution in [0.25, 0.3) is 0 Å². The van der Waals surface area contributed by atoms with E-state index >= 15 is 0 Å². The van der Waals surface area contributed by atoms with E-state index in [1.807, 2.05) is 14.1 Å². The Morgan fingerprint density at radius 1 is 1.33 bits per heavy atom. The van der Waals surface area contributed by atoms with E-state index in [2.05, 4.69) is 37.4 Å². The largest absolute Gasteiger partial charge is 0.315 e. The number of hydrogen-bond acceptors (Lipinski definition) is 2. The highest BCUT2D eigenvalue weighted by molar-refractivity contribution is 6.00. The standard InChI is InChI=1S/C18H28N2O/c1-5-7-8-13(6-2)18(19-3)14-9-10-16-15(11-14)12-17(21)20(16)4/h9-11,13,18-19H,5-8,12H2,1-4H3. The van der Waals surface area contributed by atoms with Crippen LogP contribution in [0.1, 0.15) is 56.7 Å². The number of fused-ring (bicyclic) bond motifs is 1. The lowest BCUT2D eigenvalue weighted by atomic mass is 9.86. The molecule has 1 aliphatic heterocycles. The van der Waals surface area contributed by atoms with Crippen LogP contribution in [0.5, 0.6) is 0 Å². The molecule has 0 radical (unpaired) electrons. The summed E-state index contributed by atoms with van der Waals surface area (Å²) in [7, 11) is 3.91. The van der Waals surface area contributed by atoms with Crippen molar-refractivity contribution in [2.24, 2.45) is 5.92 Å². The summed E-state index contributed by atoms with van der Waals surface area (Å²) < 4.78 is 0. The van der Waals surface area contributed by atoms with E-state index in [-0.39, 0.29) is 5.91 Å². The molecule has 0 aliphatic carbocycles. The molecule has 1 aliphatic rings. The van der Waals surface area contributed by atoms with Crippen molar-refractivity contribution >= 4 is 11.6 Å². The van der Waals surface area contributed by atoms with Crippen LogP contribution in [0.4, 0.5) is 5.69 Å². The maximum atomic E-state index is 11.8. The number of carbonyl (C=O) groups is 1. The van der Waals surface area contributed by atoms with Gasteiger partial charge in [0.1, 0.15) is 0 Å². The molecule has 1 amide bonds. The highest BCUT2D eigenvalue weighted by Crippen LogP contribution is 2.34. The summed E-state index contributed by atoms with van der Waals surface area (Å²) in [6.07, 6.45) is 5.51. The average Bonchev–Trinajstić information content (AvgIpc) is 2.78. The molecule has 2 rings (SSSR count). The molecule has 1 aromatic rings. The van der Waals surface area contributed by atoms with Crippen molar-refractivity contribution in [2.75, 3.05) is 19.0 Å². The van der Waals surface area contributed by atoms with Gasteiger partial charge in [0.2, 0.25) is 5.91 Å². The fourth-order valence-electron chi connectivity index (χ4n) is 3.43.